The number of hydrogen-bond donors (Lipinski definition) is 1. The van der Waals surface area contributed by atoms with E-state index >= 15 is 0 Å². The van der Waals surface area contributed by atoms with Gasteiger partial charge < -0.3 is 19.5 Å². The first-order valence-corrected chi connectivity index (χ1v) is 8.50. The molecule has 2 aromatic rings. The van der Waals surface area contributed by atoms with Gasteiger partial charge in [-0.15, -0.1) is 0 Å². The number of benzene rings is 1. The number of hydrogen-bond acceptors (Lipinski definition) is 5. The molecule has 1 aromatic carbocycles. The lowest BCUT2D eigenvalue weighted by Gasteiger charge is -2.22. The highest BCUT2D eigenvalue weighted by Crippen LogP contribution is 2.36. The van der Waals surface area contributed by atoms with Gasteiger partial charge in [-0.1, -0.05) is 12.1 Å². The van der Waals surface area contributed by atoms with Crippen LogP contribution >= 0.6 is 0 Å². The van der Waals surface area contributed by atoms with E-state index in [-0.39, 0.29) is 12.1 Å². The summed E-state index contributed by atoms with van der Waals surface area (Å²) in [6.45, 7) is 6.07. The minimum absolute atomic E-state index is 0.0313. The second kappa shape index (κ2) is 6.45. The van der Waals surface area contributed by atoms with Crippen molar-refractivity contribution >= 4 is 0 Å². The average Bonchev–Trinajstić information content (AvgIpc) is 3.30. The summed E-state index contributed by atoms with van der Waals surface area (Å²) < 4.78 is 19.1. The predicted molar refractivity (Wildman–Crippen MR) is 89.1 cm³/mol. The van der Waals surface area contributed by atoms with Gasteiger partial charge in [0.1, 0.15) is 6.10 Å². The summed E-state index contributed by atoms with van der Waals surface area (Å²) in [4.78, 5) is 0. The first kappa shape index (κ1) is 15.5. The maximum absolute atomic E-state index is 6.00. The van der Waals surface area contributed by atoms with Gasteiger partial charge in [-0.3, -0.25) is 4.68 Å². The molecule has 6 nitrogen and oxygen atoms in total. The first-order valence-electron chi connectivity index (χ1n) is 8.50. The lowest BCUT2D eigenvalue weighted by molar-refractivity contribution is 0.0898. The number of rotatable bonds is 5. The Labute approximate surface area is 141 Å². The summed E-state index contributed by atoms with van der Waals surface area (Å²) in [5.74, 6) is 1.68. The van der Waals surface area contributed by atoms with E-state index in [4.69, 9.17) is 14.2 Å². The molecular weight excluding hydrogens is 306 g/mol. The third kappa shape index (κ3) is 2.76. The molecule has 0 unspecified atom stereocenters. The van der Waals surface area contributed by atoms with Crippen molar-refractivity contribution in [3.63, 3.8) is 0 Å². The van der Waals surface area contributed by atoms with Crippen LogP contribution in [0.5, 0.6) is 11.5 Å². The van der Waals surface area contributed by atoms with E-state index in [0.717, 1.165) is 42.3 Å². The van der Waals surface area contributed by atoms with Crippen molar-refractivity contribution in [2.24, 2.45) is 0 Å². The fourth-order valence-corrected chi connectivity index (χ4v) is 3.44. The molecule has 0 spiro atoms. The summed E-state index contributed by atoms with van der Waals surface area (Å²) >= 11 is 0. The number of nitrogens with one attached hydrogen (secondary N) is 1. The Hall–Kier alpha value is -2.05. The normalized spacial score (nSPS) is 22.5. The molecule has 2 aliphatic rings. The molecular formula is C18H23N3O3. The molecule has 0 aliphatic carbocycles. The highest BCUT2D eigenvalue weighted by Gasteiger charge is 2.32. The molecule has 0 saturated carbocycles. The topological polar surface area (TPSA) is 57.5 Å². The van der Waals surface area contributed by atoms with Gasteiger partial charge in [0.25, 0.3) is 0 Å². The van der Waals surface area contributed by atoms with Crippen molar-refractivity contribution in [2.75, 3.05) is 13.4 Å². The monoisotopic (exact) mass is 329 g/mol. The van der Waals surface area contributed by atoms with Gasteiger partial charge in [0.05, 0.1) is 5.69 Å². The number of nitrogens with zero attached hydrogens (tertiary/aromatic N) is 2. The third-order valence-corrected chi connectivity index (χ3v) is 4.61. The van der Waals surface area contributed by atoms with Crippen LogP contribution in [0.4, 0.5) is 0 Å². The molecule has 4 rings (SSSR count). The summed E-state index contributed by atoms with van der Waals surface area (Å²) in [7, 11) is 0. The molecule has 1 fully saturated rings. The molecule has 24 heavy (non-hydrogen) atoms. The highest BCUT2D eigenvalue weighted by molar-refractivity contribution is 5.48. The van der Waals surface area contributed by atoms with E-state index in [9.17, 15) is 0 Å². The molecule has 2 atom stereocenters. The SMILES string of the molecule is CC(C)n1nccc1[C@H]1OCC[C@@H]1NCc1cccc2c1OCO2. The Morgan fingerprint density at radius 3 is 3.08 bits per heavy atom. The van der Waals surface area contributed by atoms with Crippen LogP contribution in [0.25, 0.3) is 0 Å². The molecule has 128 valence electrons. The van der Waals surface area contributed by atoms with Gasteiger partial charge >= 0.3 is 0 Å². The number of aromatic nitrogens is 2. The van der Waals surface area contributed by atoms with Crippen LogP contribution < -0.4 is 14.8 Å². The number of ether oxygens (including phenoxy) is 3. The summed E-state index contributed by atoms with van der Waals surface area (Å²) in [5, 5.41) is 8.06. The van der Waals surface area contributed by atoms with Crippen molar-refractivity contribution < 1.29 is 14.2 Å². The van der Waals surface area contributed by atoms with Crippen LogP contribution in [-0.4, -0.2) is 29.2 Å². The Balaban J connectivity index is 1.48. The molecule has 1 N–H and O–H groups in total. The van der Waals surface area contributed by atoms with Crippen molar-refractivity contribution in [2.45, 2.75) is 45.0 Å². The van der Waals surface area contributed by atoms with Crippen molar-refractivity contribution in [3.8, 4) is 11.5 Å². The molecule has 1 aromatic heterocycles. The average molecular weight is 329 g/mol. The maximum Gasteiger partial charge on any atom is 0.231 e. The molecule has 0 amide bonds. The molecule has 1 saturated heterocycles. The minimum Gasteiger partial charge on any atom is -0.454 e. The van der Waals surface area contributed by atoms with Crippen molar-refractivity contribution in [1.29, 1.82) is 0 Å². The minimum atomic E-state index is 0.0313. The maximum atomic E-state index is 6.00. The Morgan fingerprint density at radius 2 is 2.21 bits per heavy atom. The van der Waals surface area contributed by atoms with Gasteiger partial charge in [-0.25, -0.2) is 0 Å². The van der Waals surface area contributed by atoms with E-state index in [0.29, 0.717) is 12.8 Å². The second-order valence-corrected chi connectivity index (χ2v) is 6.51. The molecule has 0 radical (unpaired) electrons. The highest BCUT2D eigenvalue weighted by atomic mass is 16.7. The van der Waals surface area contributed by atoms with E-state index in [1.807, 2.05) is 23.0 Å². The predicted octanol–water partition coefficient (Wildman–Crippen LogP) is 2.81. The van der Waals surface area contributed by atoms with Gasteiger partial charge in [0, 0.05) is 37.0 Å². The Kier molecular flexibility index (Phi) is 4.16. The summed E-state index contributed by atoms with van der Waals surface area (Å²) in [6.07, 6.45) is 2.87. The van der Waals surface area contributed by atoms with Crippen LogP contribution in [0.3, 0.4) is 0 Å². The molecule has 6 heteroatoms. The number of para-hydroxylation sites is 1. The Bertz CT molecular complexity index is 713. The standard InChI is InChI=1S/C18H23N3O3/c1-12(2)21-15(6-8-20-21)18-14(7-9-22-18)19-10-13-4-3-5-16-17(13)24-11-23-16/h3-6,8,12,14,18-19H,7,9-11H2,1-2H3/t14-,18-/m0/s1. The van der Waals surface area contributed by atoms with E-state index in [1.54, 1.807) is 0 Å². The molecule has 3 heterocycles. The lowest BCUT2D eigenvalue weighted by atomic mass is 10.1. The third-order valence-electron chi connectivity index (χ3n) is 4.61. The lowest BCUT2D eigenvalue weighted by Crippen LogP contribution is -2.32. The second-order valence-electron chi connectivity index (χ2n) is 6.51. The van der Waals surface area contributed by atoms with Gasteiger partial charge in [0.2, 0.25) is 6.79 Å². The zero-order valence-electron chi connectivity index (χ0n) is 14.1. The van der Waals surface area contributed by atoms with E-state index in [1.165, 1.54) is 0 Å². The zero-order chi connectivity index (χ0) is 16.5. The molecule has 0 bridgehead atoms. The van der Waals surface area contributed by atoms with Crippen molar-refractivity contribution in [1.82, 2.24) is 15.1 Å². The van der Waals surface area contributed by atoms with Crippen molar-refractivity contribution in [3.05, 3.63) is 41.7 Å². The Morgan fingerprint density at radius 1 is 1.29 bits per heavy atom. The summed E-state index contributed by atoms with van der Waals surface area (Å²) in [6, 6.07) is 8.65. The van der Waals surface area contributed by atoms with Gasteiger partial charge in [-0.2, -0.15) is 5.10 Å². The largest absolute Gasteiger partial charge is 0.454 e. The fourth-order valence-electron chi connectivity index (χ4n) is 3.44. The van der Waals surface area contributed by atoms with E-state index < -0.39 is 0 Å². The van der Waals surface area contributed by atoms with Gasteiger partial charge in [-0.05, 0) is 32.4 Å². The fraction of sp³-hybridized carbons (Fsp3) is 0.500. The van der Waals surface area contributed by atoms with Crippen LogP contribution in [0.1, 0.15) is 43.7 Å². The van der Waals surface area contributed by atoms with Crippen LogP contribution in [-0.2, 0) is 11.3 Å². The van der Waals surface area contributed by atoms with Crippen LogP contribution in [0, 0.1) is 0 Å². The molecule has 2 aliphatic heterocycles. The zero-order valence-corrected chi connectivity index (χ0v) is 14.1. The quantitative estimate of drug-likeness (QED) is 0.914. The van der Waals surface area contributed by atoms with Gasteiger partial charge in [0.15, 0.2) is 11.5 Å². The van der Waals surface area contributed by atoms with E-state index in [2.05, 4.69) is 36.4 Å². The first-order chi connectivity index (χ1) is 11.7. The number of fused-ring (bicyclic) bond motifs is 1. The van der Waals surface area contributed by atoms with Crippen LogP contribution in [0.2, 0.25) is 0 Å². The smallest absolute Gasteiger partial charge is 0.231 e. The van der Waals surface area contributed by atoms with Crippen LogP contribution in [0.15, 0.2) is 30.5 Å². The summed E-state index contributed by atoms with van der Waals surface area (Å²) in [5.41, 5.74) is 2.26.